The van der Waals surface area contributed by atoms with Crippen LogP contribution in [0.1, 0.15) is 51.3 Å². The standard InChI is InChI=1S/C55H40BN2OS/c1-54(2,3)30-18-20-31(21-19-30)57-43-29-49-39(33-13-8-11-17-48(33)60-49)26-38(43)34-22-23-36-50-44(24-25-47-51(50)35-14-7-10-16-46(35)59-47)58-45-28-41-37(27-42(45)56-52(34)53(36)58)32-12-6-9-15-40(32)55(41,4)5/h6-29,57H,1-5H3. The van der Waals surface area contributed by atoms with E-state index < -0.39 is 0 Å². The van der Waals surface area contributed by atoms with E-state index in [1.165, 1.54) is 103 Å². The average Bonchev–Trinajstić information content (AvgIpc) is 3.97. The normalized spacial score (nSPS) is 14.0. The van der Waals surface area contributed by atoms with Crippen LogP contribution in [0.15, 0.2) is 150 Å². The van der Waals surface area contributed by atoms with Crippen LogP contribution in [-0.4, -0.2) is 11.8 Å². The monoisotopic (exact) mass is 787 g/mol. The third kappa shape index (κ3) is 4.61. The van der Waals surface area contributed by atoms with Gasteiger partial charge in [-0.15, -0.1) is 11.3 Å². The van der Waals surface area contributed by atoms with Crippen LogP contribution in [0.25, 0.3) is 91.9 Å². The van der Waals surface area contributed by atoms with Crippen LogP contribution in [0.3, 0.4) is 0 Å². The summed E-state index contributed by atoms with van der Waals surface area (Å²) in [5, 5.41) is 11.3. The van der Waals surface area contributed by atoms with Gasteiger partial charge in [0.1, 0.15) is 11.2 Å². The number of hydrogen-bond donors (Lipinski definition) is 1. The second kappa shape index (κ2) is 11.8. The van der Waals surface area contributed by atoms with Gasteiger partial charge in [0.05, 0.1) is 5.52 Å². The van der Waals surface area contributed by atoms with Crippen molar-refractivity contribution in [3.63, 3.8) is 0 Å². The molecule has 4 heterocycles. The Balaban J connectivity index is 1.13. The van der Waals surface area contributed by atoms with Gasteiger partial charge in [0.2, 0.25) is 0 Å². The number of benzene rings is 8. The number of nitrogens with zero attached hydrogens (tertiary/aromatic N) is 1. The van der Waals surface area contributed by atoms with Crippen molar-refractivity contribution in [2.24, 2.45) is 0 Å². The molecule has 1 N–H and O–H groups in total. The van der Waals surface area contributed by atoms with E-state index in [1.807, 2.05) is 11.3 Å². The number of anilines is 2. The molecule has 3 aromatic heterocycles. The minimum Gasteiger partial charge on any atom is -0.456 e. The first-order valence-electron chi connectivity index (χ1n) is 21.0. The topological polar surface area (TPSA) is 30.1 Å². The lowest BCUT2D eigenvalue weighted by Gasteiger charge is -2.27. The third-order valence-corrected chi connectivity index (χ3v) is 14.7. The molecule has 5 heteroatoms. The Bertz CT molecular complexity index is 3670. The third-order valence-electron chi connectivity index (χ3n) is 13.6. The molecule has 2 aliphatic rings. The van der Waals surface area contributed by atoms with Crippen molar-refractivity contribution in [1.82, 2.24) is 4.57 Å². The Kier molecular flexibility index (Phi) is 6.75. The smallest absolute Gasteiger partial charge is 0.197 e. The van der Waals surface area contributed by atoms with Gasteiger partial charge in [-0.25, -0.2) is 0 Å². The van der Waals surface area contributed by atoms with Crippen molar-refractivity contribution < 1.29 is 4.42 Å². The van der Waals surface area contributed by atoms with E-state index in [1.54, 1.807) is 0 Å². The van der Waals surface area contributed by atoms with E-state index in [-0.39, 0.29) is 10.8 Å². The molecule has 13 rings (SSSR count). The first-order chi connectivity index (χ1) is 29.1. The molecule has 0 saturated carbocycles. The van der Waals surface area contributed by atoms with Crippen molar-refractivity contribution in [3.8, 4) is 27.9 Å². The van der Waals surface area contributed by atoms with Crippen molar-refractivity contribution in [1.29, 1.82) is 0 Å². The van der Waals surface area contributed by atoms with Gasteiger partial charge in [0, 0.05) is 75.3 Å². The summed E-state index contributed by atoms with van der Waals surface area (Å²) in [7, 11) is 2.47. The van der Waals surface area contributed by atoms with Crippen LogP contribution in [0.4, 0.5) is 11.4 Å². The summed E-state index contributed by atoms with van der Waals surface area (Å²) in [6, 6.07) is 54.2. The van der Waals surface area contributed by atoms with Gasteiger partial charge < -0.3 is 14.3 Å². The fourth-order valence-corrected chi connectivity index (χ4v) is 11.7. The zero-order valence-electron chi connectivity index (χ0n) is 34.2. The Morgan fingerprint density at radius 1 is 0.600 bits per heavy atom. The summed E-state index contributed by atoms with van der Waals surface area (Å²) in [4.78, 5) is 0. The first-order valence-corrected chi connectivity index (χ1v) is 21.8. The summed E-state index contributed by atoms with van der Waals surface area (Å²) in [6.45, 7) is 11.6. The minimum absolute atomic E-state index is 0.0780. The second-order valence-corrected chi connectivity index (χ2v) is 19.5. The Morgan fingerprint density at radius 3 is 2.23 bits per heavy atom. The summed E-state index contributed by atoms with van der Waals surface area (Å²) >= 11 is 1.86. The number of thiophene rings is 1. The molecule has 3 nitrogen and oxygen atoms in total. The molecule has 8 aromatic carbocycles. The van der Waals surface area contributed by atoms with Gasteiger partial charge in [-0.3, -0.25) is 0 Å². The average molecular weight is 788 g/mol. The zero-order valence-corrected chi connectivity index (χ0v) is 35.0. The Labute approximate surface area is 353 Å². The molecule has 0 fully saturated rings. The van der Waals surface area contributed by atoms with E-state index in [2.05, 4.69) is 197 Å². The van der Waals surface area contributed by atoms with E-state index >= 15 is 0 Å². The highest BCUT2D eigenvalue weighted by molar-refractivity contribution is 7.25. The molecule has 0 spiro atoms. The van der Waals surface area contributed by atoms with Crippen molar-refractivity contribution in [2.45, 2.75) is 45.4 Å². The molecular formula is C55H40BN2OS. The molecule has 1 aliphatic carbocycles. The summed E-state index contributed by atoms with van der Waals surface area (Å²) < 4.78 is 11.7. The van der Waals surface area contributed by atoms with E-state index in [9.17, 15) is 0 Å². The fourth-order valence-electron chi connectivity index (χ4n) is 10.6. The molecular weight excluding hydrogens is 747 g/mol. The van der Waals surface area contributed by atoms with Gasteiger partial charge in [0.15, 0.2) is 7.28 Å². The summed E-state index contributed by atoms with van der Waals surface area (Å²) in [6.07, 6.45) is 0. The van der Waals surface area contributed by atoms with Crippen LogP contribution in [0.2, 0.25) is 0 Å². The number of fused-ring (bicyclic) bond motifs is 15. The van der Waals surface area contributed by atoms with E-state index in [0.29, 0.717) is 0 Å². The predicted molar refractivity (Wildman–Crippen MR) is 257 cm³/mol. The lowest BCUT2D eigenvalue weighted by atomic mass is 9.58. The molecule has 1 radical (unpaired) electrons. The van der Waals surface area contributed by atoms with Crippen LogP contribution < -0.4 is 16.2 Å². The van der Waals surface area contributed by atoms with Gasteiger partial charge >= 0.3 is 0 Å². The lowest BCUT2D eigenvalue weighted by Crippen LogP contribution is -2.37. The SMILES string of the molecule is CC(C)(C)c1ccc(Nc2cc3sc4ccccc4c3cc2-c2ccc3c4c5c(ccc4n4c3c2[B]c2cc3c(cc2-4)C(C)(C)c2ccccc2-3)oc2ccccc25)cc1. The zero-order chi connectivity index (χ0) is 40.2. The summed E-state index contributed by atoms with van der Waals surface area (Å²) in [5.41, 5.74) is 19.2. The van der Waals surface area contributed by atoms with Gasteiger partial charge in [0.25, 0.3) is 0 Å². The Morgan fingerprint density at radius 2 is 1.38 bits per heavy atom. The number of para-hydroxylation sites is 1. The number of hydrogen-bond acceptors (Lipinski definition) is 3. The molecule has 60 heavy (non-hydrogen) atoms. The molecule has 285 valence electrons. The molecule has 0 unspecified atom stereocenters. The fraction of sp³-hybridized carbons (Fsp3) is 0.127. The highest BCUT2D eigenvalue weighted by Crippen LogP contribution is 2.50. The molecule has 0 saturated heterocycles. The maximum absolute atomic E-state index is 6.53. The maximum Gasteiger partial charge on any atom is 0.197 e. The molecule has 0 amide bonds. The second-order valence-electron chi connectivity index (χ2n) is 18.4. The van der Waals surface area contributed by atoms with Crippen LogP contribution in [-0.2, 0) is 10.8 Å². The van der Waals surface area contributed by atoms with Crippen molar-refractivity contribution in [3.05, 3.63) is 162 Å². The number of furan rings is 1. The first kappa shape index (κ1) is 34.3. The van der Waals surface area contributed by atoms with Gasteiger partial charge in [-0.2, -0.15) is 0 Å². The largest absolute Gasteiger partial charge is 0.456 e. The molecule has 0 bridgehead atoms. The molecule has 0 atom stereocenters. The molecule has 1 aliphatic heterocycles. The van der Waals surface area contributed by atoms with Gasteiger partial charge in [-0.1, -0.05) is 131 Å². The van der Waals surface area contributed by atoms with Crippen molar-refractivity contribution >= 4 is 105 Å². The van der Waals surface area contributed by atoms with Crippen LogP contribution in [0.5, 0.6) is 0 Å². The maximum atomic E-state index is 6.53. The summed E-state index contributed by atoms with van der Waals surface area (Å²) in [5.74, 6) is 0. The number of rotatable bonds is 3. The highest BCUT2D eigenvalue weighted by Gasteiger charge is 2.38. The highest BCUT2D eigenvalue weighted by atomic mass is 32.1. The minimum atomic E-state index is -0.121. The number of nitrogens with one attached hydrogen (secondary N) is 1. The van der Waals surface area contributed by atoms with Crippen molar-refractivity contribution in [2.75, 3.05) is 5.32 Å². The molecule has 11 aromatic rings. The van der Waals surface area contributed by atoms with E-state index in [0.717, 1.165) is 27.9 Å². The van der Waals surface area contributed by atoms with Crippen LogP contribution >= 0.6 is 11.3 Å². The number of aromatic nitrogens is 1. The van der Waals surface area contributed by atoms with E-state index in [4.69, 9.17) is 4.42 Å². The quantitative estimate of drug-likeness (QED) is 0.181. The van der Waals surface area contributed by atoms with Gasteiger partial charge in [-0.05, 0) is 98.9 Å². The lowest BCUT2D eigenvalue weighted by molar-refractivity contribution is 0.590. The van der Waals surface area contributed by atoms with Crippen LogP contribution in [0, 0.1) is 0 Å². The Hall–Kier alpha value is -6.56. The predicted octanol–water partition coefficient (Wildman–Crippen LogP) is 14.0.